The number of carbonyl (C=O) groups is 1. The number of benzene rings is 2. The van der Waals surface area contributed by atoms with Crippen molar-refractivity contribution in [2.24, 2.45) is 0 Å². The molecule has 5 rings (SSSR count). The molecule has 2 aromatic carbocycles. The van der Waals surface area contributed by atoms with E-state index in [-0.39, 0.29) is 18.1 Å². The number of amides is 1. The first-order chi connectivity index (χ1) is 14.1. The molecule has 0 spiro atoms. The van der Waals surface area contributed by atoms with Crippen LogP contribution in [0, 0.1) is 0 Å². The number of aromatic nitrogens is 2. The van der Waals surface area contributed by atoms with E-state index in [0.717, 1.165) is 41.8 Å². The van der Waals surface area contributed by atoms with E-state index in [9.17, 15) is 4.79 Å². The normalized spacial score (nSPS) is 21.0. The molecule has 2 unspecified atom stereocenters. The Morgan fingerprint density at radius 3 is 2.72 bits per heavy atom. The van der Waals surface area contributed by atoms with Crippen molar-refractivity contribution < 1.29 is 9.53 Å². The molecule has 0 aliphatic carbocycles. The predicted octanol–water partition coefficient (Wildman–Crippen LogP) is 5.11. The molecule has 0 radical (unpaired) electrons. The molecule has 0 saturated carbocycles. The highest BCUT2D eigenvalue weighted by atomic mass is 35.5. The van der Waals surface area contributed by atoms with Crippen molar-refractivity contribution in [1.82, 2.24) is 15.1 Å². The highest BCUT2D eigenvalue weighted by Crippen LogP contribution is 2.45. The van der Waals surface area contributed by atoms with Gasteiger partial charge in [0.05, 0.1) is 17.8 Å². The molecule has 7 heteroatoms. The molecule has 1 saturated heterocycles. The molecule has 1 aromatic heterocycles. The van der Waals surface area contributed by atoms with Crippen LogP contribution in [-0.2, 0) is 4.74 Å². The van der Waals surface area contributed by atoms with Gasteiger partial charge >= 0.3 is 0 Å². The molecule has 3 heterocycles. The number of hydrogen-bond donors (Lipinski definition) is 1. The van der Waals surface area contributed by atoms with Crippen LogP contribution in [0.3, 0.4) is 0 Å². The molecular weight excluding hydrogens is 409 g/mol. The molecule has 1 fully saturated rings. The molecule has 29 heavy (non-hydrogen) atoms. The summed E-state index contributed by atoms with van der Waals surface area (Å²) in [5.41, 5.74) is 3.91. The van der Waals surface area contributed by atoms with Gasteiger partial charge in [0.2, 0.25) is 0 Å². The van der Waals surface area contributed by atoms with Gasteiger partial charge in [0.25, 0.3) is 5.91 Å². The van der Waals surface area contributed by atoms with E-state index in [2.05, 4.69) is 10.2 Å². The lowest BCUT2D eigenvalue weighted by atomic mass is 9.96. The smallest absolute Gasteiger partial charge is 0.273 e. The minimum absolute atomic E-state index is 0.0321. The first kappa shape index (κ1) is 18.7. The van der Waals surface area contributed by atoms with Crippen LogP contribution < -0.4 is 0 Å². The van der Waals surface area contributed by atoms with Gasteiger partial charge in [-0.3, -0.25) is 9.89 Å². The Kier molecular flexibility index (Phi) is 4.82. The van der Waals surface area contributed by atoms with Gasteiger partial charge in [-0.05, 0) is 30.5 Å². The van der Waals surface area contributed by atoms with Crippen LogP contribution in [0.25, 0.3) is 11.3 Å². The first-order valence-corrected chi connectivity index (χ1v) is 10.4. The SMILES string of the molecule is O=C1c2[nH]nc(-c3ccccc3)c2C(c2ccc(Cl)cc2Cl)N1CC1CCCO1. The molecule has 148 valence electrons. The van der Waals surface area contributed by atoms with Crippen LogP contribution in [0.5, 0.6) is 0 Å². The van der Waals surface area contributed by atoms with E-state index in [4.69, 9.17) is 27.9 Å². The second-order valence-corrected chi connectivity index (χ2v) is 8.23. The van der Waals surface area contributed by atoms with Crippen LogP contribution in [-0.4, -0.2) is 40.3 Å². The fourth-order valence-electron chi connectivity index (χ4n) is 4.26. The maximum absolute atomic E-state index is 13.3. The molecular formula is C22H19Cl2N3O2. The summed E-state index contributed by atoms with van der Waals surface area (Å²) in [6, 6.07) is 14.9. The molecule has 5 nitrogen and oxygen atoms in total. The molecule has 2 aliphatic heterocycles. The van der Waals surface area contributed by atoms with Gasteiger partial charge in [-0.1, -0.05) is 59.6 Å². The third kappa shape index (κ3) is 3.23. The van der Waals surface area contributed by atoms with Gasteiger partial charge in [-0.2, -0.15) is 5.10 Å². The van der Waals surface area contributed by atoms with Crippen LogP contribution in [0.1, 0.15) is 40.5 Å². The minimum atomic E-state index is -0.347. The van der Waals surface area contributed by atoms with E-state index in [1.165, 1.54) is 0 Å². The second kappa shape index (κ2) is 7.48. The average molecular weight is 428 g/mol. The number of nitrogens with one attached hydrogen (secondary N) is 1. The second-order valence-electron chi connectivity index (χ2n) is 7.39. The number of halogens is 2. The van der Waals surface area contributed by atoms with E-state index in [1.54, 1.807) is 12.1 Å². The Morgan fingerprint density at radius 2 is 2.00 bits per heavy atom. The summed E-state index contributed by atoms with van der Waals surface area (Å²) in [7, 11) is 0. The number of rotatable bonds is 4. The number of carbonyl (C=O) groups excluding carboxylic acids is 1. The molecule has 1 amide bonds. The van der Waals surface area contributed by atoms with Gasteiger partial charge in [0, 0.05) is 34.3 Å². The quantitative estimate of drug-likeness (QED) is 0.629. The summed E-state index contributed by atoms with van der Waals surface area (Å²) in [6.45, 7) is 1.25. The van der Waals surface area contributed by atoms with Crippen molar-refractivity contribution >= 4 is 29.1 Å². The lowest BCUT2D eigenvalue weighted by molar-refractivity contribution is 0.0495. The van der Waals surface area contributed by atoms with Gasteiger partial charge < -0.3 is 9.64 Å². The van der Waals surface area contributed by atoms with Crippen molar-refractivity contribution in [2.75, 3.05) is 13.2 Å². The monoisotopic (exact) mass is 427 g/mol. The van der Waals surface area contributed by atoms with Crippen LogP contribution in [0.4, 0.5) is 0 Å². The number of H-pyrrole nitrogens is 1. The van der Waals surface area contributed by atoms with Crippen molar-refractivity contribution in [2.45, 2.75) is 25.0 Å². The summed E-state index contributed by atoms with van der Waals surface area (Å²) in [4.78, 5) is 15.2. The van der Waals surface area contributed by atoms with Crippen molar-refractivity contribution in [3.63, 3.8) is 0 Å². The summed E-state index contributed by atoms with van der Waals surface area (Å²) < 4.78 is 5.81. The summed E-state index contributed by atoms with van der Waals surface area (Å²) in [5.74, 6) is -0.0822. The number of aromatic amines is 1. The average Bonchev–Trinajstić information content (AvgIpc) is 3.43. The van der Waals surface area contributed by atoms with E-state index in [0.29, 0.717) is 22.3 Å². The Bertz CT molecular complexity index is 1060. The zero-order chi connectivity index (χ0) is 20.0. The predicted molar refractivity (Wildman–Crippen MR) is 112 cm³/mol. The van der Waals surface area contributed by atoms with E-state index >= 15 is 0 Å². The Hall–Kier alpha value is -2.34. The first-order valence-electron chi connectivity index (χ1n) is 9.64. The number of hydrogen-bond acceptors (Lipinski definition) is 3. The van der Waals surface area contributed by atoms with Gasteiger partial charge in [-0.15, -0.1) is 0 Å². The van der Waals surface area contributed by atoms with Gasteiger partial charge in [0.1, 0.15) is 5.69 Å². The lowest BCUT2D eigenvalue weighted by Crippen LogP contribution is -2.36. The van der Waals surface area contributed by atoms with Crippen LogP contribution in [0.15, 0.2) is 48.5 Å². The summed E-state index contributed by atoms with van der Waals surface area (Å²) >= 11 is 12.7. The molecule has 2 atom stereocenters. The maximum Gasteiger partial charge on any atom is 0.273 e. The molecule has 3 aromatic rings. The summed E-state index contributed by atoms with van der Waals surface area (Å²) in [5, 5.41) is 8.53. The van der Waals surface area contributed by atoms with E-state index < -0.39 is 0 Å². The molecule has 1 N–H and O–H groups in total. The fourth-order valence-corrected chi connectivity index (χ4v) is 4.77. The molecule has 0 bridgehead atoms. The van der Waals surface area contributed by atoms with Crippen molar-refractivity contribution in [3.05, 3.63) is 75.4 Å². The van der Waals surface area contributed by atoms with Gasteiger partial charge in [-0.25, -0.2) is 0 Å². The maximum atomic E-state index is 13.3. The topological polar surface area (TPSA) is 58.2 Å². The largest absolute Gasteiger partial charge is 0.376 e. The zero-order valence-corrected chi connectivity index (χ0v) is 17.1. The Labute approximate surface area is 178 Å². The Morgan fingerprint density at radius 1 is 1.17 bits per heavy atom. The summed E-state index contributed by atoms with van der Waals surface area (Å²) in [6.07, 6.45) is 1.99. The van der Waals surface area contributed by atoms with Crippen LogP contribution >= 0.6 is 23.2 Å². The number of nitrogens with zero attached hydrogens (tertiary/aromatic N) is 2. The van der Waals surface area contributed by atoms with Gasteiger partial charge in [0.15, 0.2) is 0 Å². The highest BCUT2D eigenvalue weighted by molar-refractivity contribution is 6.35. The third-order valence-corrected chi connectivity index (χ3v) is 6.15. The van der Waals surface area contributed by atoms with Crippen molar-refractivity contribution in [3.8, 4) is 11.3 Å². The molecule has 2 aliphatic rings. The zero-order valence-electron chi connectivity index (χ0n) is 15.6. The third-order valence-electron chi connectivity index (χ3n) is 5.59. The standard InChI is InChI=1S/C22H19Cl2N3O2/c23-14-8-9-16(17(24)11-14)21-18-19(13-5-2-1-3-6-13)25-26-20(18)22(28)27(21)12-15-7-4-10-29-15/h1-3,5-6,8-9,11,15,21H,4,7,10,12H2,(H,25,26). The number of fused-ring (bicyclic) bond motifs is 1. The van der Waals surface area contributed by atoms with Crippen molar-refractivity contribution in [1.29, 1.82) is 0 Å². The van der Waals surface area contributed by atoms with Crippen LogP contribution in [0.2, 0.25) is 10.0 Å². The highest BCUT2D eigenvalue weighted by Gasteiger charge is 2.44. The Balaban J connectivity index is 1.65. The fraction of sp³-hybridized carbons (Fsp3) is 0.273. The van der Waals surface area contributed by atoms with E-state index in [1.807, 2.05) is 41.3 Å². The minimum Gasteiger partial charge on any atom is -0.376 e. The lowest BCUT2D eigenvalue weighted by Gasteiger charge is -2.29. The number of ether oxygens (including phenoxy) is 1.